The summed E-state index contributed by atoms with van der Waals surface area (Å²) in [6, 6.07) is 20.9. The summed E-state index contributed by atoms with van der Waals surface area (Å²) in [4.78, 5) is 20.6. The molecule has 7 nitrogen and oxygen atoms in total. The predicted molar refractivity (Wildman–Crippen MR) is 117 cm³/mol. The summed E-state index contributed by atoms with van der Waals surface area (Å²) in [5, 5.41) is 11.3. The Labute approximate surface area is 175 Å². The van der Waals surface area contributed by atoms with Crippen molar-refractivity contribution in [3.8, 4) is 17.1 Å². The van der Waals surface area contributed by atoms with Crippen molar-refractivity contribution in [2.75, 3.05) is 0 Å². The molecule has 2 heterocycles. The van der Waals surface area contributed by atoms with E-state index in [4.69, 9.17) is 0 Å². The van der Waals surface area contributed by atoms with Crippen molar-refractivity contribution in [1.82, 2.24) is 19.7 Å². The van der Waals surface area contributed by atoms with Crippen molar-refractivity contribution in [3.63, 3.8) is 0 Å². The van der Waals surface area contributed by atoms with Crippen molar-refractivity contribution >= 4 is 22.4 Å². The molecular formula is C23H17FN6O. The lowest BCUT2D eigenvalue weighted by Crippen LogP contribution is -2.13. The first kappa shape index (κ1) is 18.7. The molecule has 0 saturated carbocycles. The molecule has 0 fully saturated rings. The summed E-state index contributed by atoms with van der Waals surface area (Å²) in [5.74, 6) is 0.402. The van der Waals surface area contributed by atoms with E-state index in [9.17, 15) is 9.18 Å². The number of fused-ring (bicyclic) bond motifs is 1. The number of halogens is 1. The number of aromatic amines is 2. The third-order valence-electron chi connectivity index (χ3n) is 4.92. The number of H-pyrrole nitrogens is 2. The maximum absolute atomic E-state index is 13.1. The second-order valence-electron chi connectivity index (χ2n) is 7.05. The first-order valence-corrected chi connectivity index (χ1v) is 9.63. The molecule has 0 aliphatic carbocycles. The van der Waals surface area contributed by atoms with Crippen LogP contribution in [0.2, 0.25) is 0 Å². The van der Waals surface area contributed by atoms with Gasteiger partial charge in [-0.3, -0.25) is 9.89 Å². The Morgan fingerprint density at radius 1 is 0.935 bits per heavy atom. The zero-order valence-electron chi connectivity index (χ0n) is 16.5. The van der Waals surface area contributed by atoms with Crippen LogP contribution in [0.15, 0.2) is 87.8 Å². The van der Waals surface area contributed by atoms with Crippen molar-refractivity contribution < 1.29 is 4.39 Å². The topological polar surface area (TPSA) is 91.2 Å². The number of nitrogens with one attached hydrogen (secondary N) is 2. The maximum Gasteiger partial charge on any atom is 0.299 e. The number of benzene rings is 3. The number of azo groups is 1. The fraction of sp³-hybridized carbons (Fsp3) is 0.0435. The van der Waals surface area contributed by atoms with Crippen LogP contribution in [-0.2, 0) is 0 Å². The Hall–Kier alpha value is -4.33. The Bertz CT molecular complexity index is 1430. The molecule has 0 spiro atoms. The molecule has 2 aromatic heterocycles. The summed E-state index contributed by atoms with van der Waals surface area (Å²) < 4.78 is 14.5. The minimum Gasteiger partial charge on any atom is -0.338 e. The van der Waals surface area contributed by atoms with Gasteiger partial charge < -0.3 is 4.98 Å². The largest absolute Gasteiger partial charge is 0.338 e. The Balaban J connectivity index is 1.40. The number of para-hydroxylation sites is 2. The summed E-state index contributed by atoms with van der Waals surface area (Å²) in [6.45, 7) is 1.74. The zero-order valence-corrected chi connectivity index (χ0v) is 16.5. The van der Waals surface area contributed by atoms with Crippen LogP contribution in [0.3, 0.4) is 0 Å². The molecule has 0 saturated heterocycles. The molecule has 31 heavy (non-hydrogen) atoms. The standard InChI is InChI=1S/C23H17FN6O/c1-14-21(23(31)30(29-14)18-12-8-16(24)9-13-18)28-27-17-10-6-15(7-11-17)22-25-19-4-2-3-5-20(19)26-22/h2-13,29H,1H3,(H,25,26). The summed E-state index contributed by atoms with van der Waals surface area (Å²) >= 11 is 0. The number of hydrogen-bond acceptors (Lipinski definition) is 4. The Kier molecular flexibility index (Phi) is 4.51. The van der Waals surface area contributed by atoms with Gasteiger partial charge in [0.2, 0.25) is 0 Å². The van der Waals surface area contributed by atoms with E-state index in [-0.39, 0.29) is 17.1 Å². The second kappa shape index (κ2) is 7.49. The van der Waals surface area contributed by atoms with Gasteiger partial charge in [-0.1, -0.05) is 12.1 Å². The molecule has 0 atom stereocenters. The van der Waals surface area contributed by atoms with E-state index in [1.807, 2.05) is 48.5 Å². The van der Waals surface area contributed by atoms with Gasteiger partial charge in [-0.15, -0.1) is 5.11 Å². The van der Waals surface area contributed by atoms with Crippen molar-refractivity contribution in [2.45, 2.75) is 6.92 Å². The number of imidazole rings is 1. The summed E-state index contributed by atoms with van der Waals surface area (Å²) in [7, 11) is 0. The molecule has 152 valence electrons. The SMILES string of the molecule is Cc1[nH]n(-c2ccc(F)cc2)c(=O)c1N=Nc1ccc(-c2nc3ccccc3[nH]2)cc1. The van der Waals surface area contributed by atoms with Gasteiger partial charge in [0, 0.05) is 5.56 Å². The number of rotatable bonds is 4. The summed E-state index contributed by atoms with van der Waals surface area (Å²) in [5.41, 5.74) is 4.34. The molecule has 0 bridgehead atoms. The van der Waals surface area contributed by atoms with Crippen molar-refractivity contribution in [2.24, 2.45) is 10.2 Å². The quantitative estimate of drug-likeness (QED) is 0.378. The van der Waals surface area contributed by atoms with Gasteiger partial charge in [-0.25, -0.2) is 14.1 Å². The van der Waals surface area contributed by atoms with E-state index >= 15 is 0 Å². The highest BCUT2D eigenvalue weighted by molar-refractivity contribution is 5.79. The van der Waals surface area contributed by atoms with Gasteiger partial charge in [-0.2, -0.15) is 5.11 Å². The molecule has 5 aromatic rings. The molecule has 0 radical (unpaired) electrons. The van der Waals surface area contributed by atoms with E-state index in [0.29, 0.717) is 17.1 Å². The van der Waals surface area contributed by atoms with Gasteiger partial charge in [0.25, 0.3) is 5.56 Å². The lowest BCUT2D eigenvalue weighted by Gasteiger charge is -2.00. The number of hydrogen-bond donors (Lipinski definition) is 2. The molecule has 5 rings (SSSR count). The van der Waals surface area contributed by atoms with Crippen LogP contribution >= 0.6 is 0 Å². The average Bonchev–Trinajstić information content (AvgIpc) is 3.34. The maximum atomic E-state index is 13.1. The van der Waals surface area contributed by atoms with Gasteiger partial charge in [0.15, 0.2) is 5.69 Å². The smallest absolute Gasteiger partial charge is 0.299 e. The minimum absolute atomic E-state index is 0.200. The first-order valence-electron chi connectivity index (χ1n) is 9.63. The third-order valence-corrected chi connectivity index (χ3v) is 4.92. The normalized spacial score (nSPS) is 11.5. The van der Waals surface area contributed by atoms with E-state index in [1.165, 1.54) is 28.9 Å². The van der Waals surface area contributed by atoms with Crippen LogP contribution in [0.4, 0.5) is 15.8 Å². The van der Waals surface area contributed by atoms with Crippen LogP contribution < -0.4 is 5.56 Å². The fourth-order valence-electron chi connectivity index (χ4n) is 3.31. The van der Waals surface area contributed by atoms with Crippen molar-refractivity contribution in [1.29, 1.82) is 0 Å². The Morgan fingerprint density at radius 3 is 2.42 bits per heavy atom. The van der Waals surface area contributed by atoms with Crippen LogP contribution in [0.1, 0.15) is 5.69 Å². The van der Waals surface area contributed by atoms with Gasteiger partial charge in [-0.05, 0) is 67.6 Å². The molecular weight excluding hydrogens is 395 g/mol. The molecule has 8 heteroatoms. The van der Waals surface area contributed by atoms with Crippen LogP contribution in [0.5, 0.6) is 0 Å². The number of nitrogens with zero attached hydrogens (tertiary/aromatic N) is 4. The minimum atomic E-state index is -0.369. The first-order chi connectivity index (χ1) is 15.1. The van der Waals surface area contributed by atoms with E-state index < -0.39 is 0 Å². The molecule has 0 unspecified atom stereocenters. The van der Waals surface area contributed by atoms with Crippen molar-refractivity contribution in [3.05, 3.63) is 94.7 Å². The second-order valence-corrected chi connectivity index (χ2v) is 7.05. The third kappa shape index (κ3) is 3.55. The van der Waals surface area contributed by atoms with Crippen LogP contribution in [0.25, 0.3) is 28.1 Å². The molecule has 3 aromatic carbocycles. The van der Waals surface area contributed by atoms with E-state index in [2.05, 4.69) is 25.3 Å². The zero-order chi connectivity index (χ0) is 21.4. The van der Waals surface area contributed by atoms with E-state index in [0.717, 1.165) is 22.4 Å². The monoisotopic (exact) mass is 412 g/mol. The molecule has 0 aliphatic rings. The van der Waals surface area contributed by atoms with Crippen LogP contribution in [0, 0.1) is 12.7 Å². The highest BCUT2D eigenvalue weighted by Gasteiger charge is 2.12. The highest BCUT2D eigenvalue weighted by atomic mass is 19.1. The van der Waals surface area contributed by atoms with E-state index in [1.54, 1.807) is 6.92 Å². The molecule has 2 N–H and O–H groups in total. The number of aromatic nitrogens is 4. The van der Waals surface area contributed by atoms with Gasteiger partial charge >= 0.3 is 0 Å². The average molecular weight is 412 g/mol. The molecule has 0 amide bonds. The lowest BCUT2D eigenvalue weighted by molar-refractivity contribution is 0.627. The lowest BCUT2D eigenvalue weighted by atomic mass is 10.2. The number of aryl methyl sites for hydroxylation is 1. The fourth-order valence-corrected chi connectivity index (χ4v) is 3.31. The predicted octanol–water partition coefficient (Wildman–Crippen LogP) is 5.57. The van der Waals surface area contributed by atoms with Gasteiger partial charge in [0.1, 0.15) is 11.6 Å². The van der Waals surface area contributed by atoms with Gasteiger partial charge in [0.05, 0.1) is 28.1 Å². The molecule has 0 aliphatic heterocycles. The van der Waals surface area contributed by atoms with Crippen LogP contribution in [-0.4, -0.2) is 19.7 Å². The summed E-state index contributed by atoms with van der Waals surface area (Å²) in [6.07, 6.45) is 0. The Morgan fingerprint density at radius 2 is 1.68 bits per heavy atom. The highest BCUT2D eigenvalue weighted by Crippen LogP contribution is 2.24.